The SMILES string of the molecule is O=C(NCC(C(=O)O)c1ccccc1)c1ccc(Cl)cn1. The van der Waals surface area contributed by atoms with Gasteiger partial charge in [-0.25, -0.2) is 4.98 Å². The van der Waals surface area contributed by atoms with E-state index in [1.807, 2.05) is 0 Å². The highest BCUT2D eigenvalue weighted by atomic mass is 35.5. The smallest absolute Gasteiger partial charge is 0.312 e. The summed E-state index contributed by atoms with van der Waals surface area (Å²) in [6, 6.07) is 11.8. The van der Waals surface area contributed by atoms with Gasteiger partial charge in [-0.3, -0.25) is 9.59 Å². The molecule has 0 aliphatic carbocycles. The number of halogens is 1. The van der Waals surface area contributed by atoms with Crippen LogP contribution in [-0.4, -0.2) is 28.5 Å². The largest absolute Gasteiger partial charge is 0.481 e. The Morgan fingerprint density at radius 1 is 1.19 bits per heavy atom. The van der Waals surface area contributed by atoms with Gasteiger partial charge in [-0.2, -0.15) is 0 Å². The first-order valence-electron chi connectivity index (χ1n) is 6.25. The number of nitrogens with zero attached hydrogens (tertiary/aromatic N) is 1. The fraction of sp³-hybridized carbons (Fsp3) is 0.133. The van der Waals surface area contributed by atoms with Crippen LogP contribution in [0.15, 0.2) is 48.7 Å². The van der Waals surface area contributed by atoms with Crippen molar-refractivity contribution in [3.05, 3.63) is 64.9 Å². The molecule has 6 heteroatoms. The molecular weight excluding hydrogens is 292 g/mol. The molecule has 0 bridgehead atoms. The summed E-state index contributed by atoms with van der Waals surface area (Å²) >= 11 is 5.69. The summed E-state index contributed by atoms with van der Waals surface area (Å²) < 4.78 is 0. The number of hydrogen-bond acceptors (Lipinski definition) is 3. The Bertz CT molecular complexity index is 629. The lowest BCUT2D eigenvalue weighted by atomic mass is 9.99. The molecule has 2 N–H and O–H groups in total. The molecule has 5 nitrogen and oxygen atoms in total. The van der Waals surface area contributed by atoms with Crippen LogP contribution in [0, 0.1) is 0 Å². The maximum Gasteiger partial charge on any atom is 0.312 e. The number of nitrogens with one attached hydrogen (secondary N) is 1. The number of hydrogen-bond donors (Lipinski definition) is 2. The van der Waals surface area contributed by atoms with Crippen molar-refractivity contribution in [3.8, 4) is 0 Å². The number of carbonyl (C=O) groups excluding carboxylic acids is 1. The van der Waals surface area contributed by atoms with Gasteiger partial charge < -0.3 is 10.4 Å². The quantitative estimate of drug-likeness (QED) is 0.888. The molecule has 1 heterocycles. The third kappa shape index (κ3) is 4.03. The lowest BCUT2D eigenvalue weighted by Gasteiger charge is -2.13. The molecule has 1 amide bonds. The molecule has 0 saturated carbocycles. The molecule has 0 aliphatic heterocycles. The first-order valence-corrected chi connectivity index (χ1v) is 6.63. The Morgan fingerprint density at radius 2 is 1.90 bits per heavy atom. The van der Waals surface area contributed by atoms with Crippen LogP contribution < -0.4 is 5.32 Å². The fourth-order valence-electron chi connectivity index (χ4n) is 1.83. The molecule has 2 aromatic rings. The molecule has 1 aromatic carbocycles. The van der Waals surface area contributed by atoms with Crippen LogP contribution in [0.2, 0.25) is 5.02 Å². The summed E-state index contributed by atoms with van der Waals surface area (Å²) in [6.07, 6.45) is 1.36. The van der Waals surface area contributed by atoms with Crippen LogP contribution in [0.5, 0.6) is 0 Å². The molecule has 1 aromatic heterocycles. The van der Waals surface area contributed by atoms with Gasteiger partial charge in [0.2, 0.25) is 0 Å². The van der Waals surface area contributed by atoms with Crippen LogP contribution in [0.3, 0.4) is 0 Å². The maximum atomic E-state index is 11.9. The van der Waals surface area contributed by atoms with E-state index in [1.165, 1.54) is 12.3 Å². The van der Waals surface area contributed by atoms with Gasteiger partial charge in [0.25, 0.3) is 5.91 Å². The second-order valence-electron chi connectivity index (χ2n) is 4.37. The van der Waals surface area contributed by atoms with Crippen LogP contribution in [0.25, 0.3) is 0 Å². The third-order valence-electron chi connectivity index (χ3n) is 2.93. The number of carboxylic acids is 1. The summed E-state index contributed by atoms with van der Waals surface area (Å²) in [5.41, 5.74) is 0.825. The average molecular weight is 305 g/mol. The first kappa shape index (κ1) is 15.0. The van der Waals surface area contributed by atoms with Gasteiger partial charge >= 0.3 is 5.97 Å². The van der Waals surface area contributed by atoms with Crippen molar-refractivity contribution in [2.75, 3.05) is 6.54 Å². The zero-order valence-corrected chi connectivity index (χ0v) is 11.7. The highest BCUT2D eigenvalue weighted by molar-refractivity contribution is 6.30. The van der Waals surface area contributed by atoms with Crippen molar-refractivity contribution in [1.82, 2.24) is 10.3 Å². The van der Waals surface area contributed by atoms with E-state index in [0.29, 0.717) is 10.6 Å². The van der Waals surface area contributed by atoms with E-state index in [1.54, 1.807) is 36.4 Å². The second kappa shape index (κ2) is 6.85. The number of amides is 1. The van der Waals surface area contributed by atoms with Gasteiger partial charge in [-0.1, -0.05) is 41.9 Å². The van der Waals surface area contributed by atoms with E-state index in [2.05, 4.69) is 10.3 Å². The lowest BCUT2D eigenvalue weighted by molar-refractivity contribution is -0.138. The summed E-state index contributed by atoms with van der Waals surface area (Å²) in [6.45, 7) is -0.0114. The summed E-state index contributed by atoms with van der Waals surface area (Å²) in [5, 5.41) is 12.3. The molecule has 1 unspecified atom stereocenters. The van der Waals surface area contributed by atoms with Crippen molar-refractivity contribution in [2.45, 2.75) is 5.92 Å². The summed E-state index contributed by atoms with van der Waals surface area (Å²) in [4.78, 5) is 27.1. The van der Waals surface area contributed by atoms with Gasteiger partial charge in [-0.05, 0) is 17.7 Å². The van der Waals surface area contributed by atoms with E-state index in [9.17, 15) is 14.7 Å². The Labute approximate surface area is 126 Å². The maximum absolute atomic E-state index is 11.9. The van der Waals surface area contributed by atoms with Gasteiger partial charge in [0.05, 0.1) is 10.9 Å². The van der Waals surface area contributed by atoms with Gasteiger partial charge in [0.1, 0.15) is 5.69 Å². The molecule has 0 fully saturated rings. The standard InChI is InChI=1S/C15H13ClN2O3/c16-11-6-7-13(17-8-11)14(19)18-9-12(15(20)21)10-4-2-1-3-5-10/h1-8,12H,9H2,(H,18,19)(H,20,21). The van der Waals surface area contributed by atoms with Crippen molar-refractivity contribution in [2.24, 2.45) is 0 Å². The van der Waals surface area contributed by atoms with Crippen molar-refractivity contribution in [1.29, 1.82) is 0 Å². The number of benzene rings is 1. The van der Waals surface area contributed by atoms with Crippen molar-refractivity contribution in [3.63, 3.8) is 0 Å². The van der Waals surface area contributed by atoms with Crippen molar-refractivity contribution >= 4 is 23.5 Å². The van der Waals surface area contributed by atoms with Crippen LogP contribution in [0.4, 0.5) is 0 Å². The molecule has 0 aliphatic rings. The van der Waals surface area contributed by atoms with E-state index in [4.69, 9.17) is 11.6 Å². The Hall–Kier alpha value is -2.40. The molecule has 0 radical (unpaired) electrons. The number of pyridine rings is 1. The predicted octanol–water partition coefficient (Wildman–Crippen LogP) is 2.33. The zero-order valence-electron chi connectivity index (χ0n) is 11.0. The molecule has 108 valence electrons. The number of carbonyl (C=O) groups is 2. The third-order valence-corrected chi connectivity index (χ3v) is 3.15. The topological polar surface area (TPSA) is 79.3 Å². The van der Waals surface area contributed by atoms with E-state index >= 15 is 0 Å². The minimum Gasteiger partial charge on any atom is -0.481 e. The molecule has 2 rings (SSSR count). The second-order valence-corrected chi connectivity index (χ2v) is 4.81. The normalized spacial score (nSPS) is 11.7. The number of aromatic nitrogens is 1. The van der Waals surface area contributed by atoms with Gasteiger partial charge in [0, 0.05) is 12.7 Å². The predicted molar refractivity (Wildman–Crippen MR) is 78.4 cm³/mol. The van der Waals surface area contributed by atoms with E-state index < -0.39 is 17.8 Å². The van der Waals surface area contributed by atoms with Crippen LogP contribution >= 0.6 is 11.6 Å². The highest BCUT2D eigenvalue weighted by Crippen LogP contribution is 2.15. The summed E-state index contributed by atoms with van der Waals surface area (Å²) in [7, 11) is 0. The van der Waals surface area contributed by atoms with E-state index in [-0.39, 0.29) is 12.2 Å². The molecule has 0 saturated heterocycles. The Balaban J connectivity index is 2.04. The molecule has 0 spiro atoms. The molecule has 21 heavy (non-hydrogen) atoms. The Morgan fingerprint density at radius 3 is 2.48 bits per heavy atom. The average Bonchev–Trinajstić information content (AvgIpc) is 2.48. The zero-order chi connectivity index (χ0) is 15.2. The molecular formula is C15H13ClN2O3. The lowest BCUT2D eigenvalue weighted by Crippen LogP contribution is -2.32. The van der Waals surface area contributed by atoms with Crippen LogP contribution in [-0.2, 0) is 4.79 Å². The minimum absolute atomic E-state index is 0.0114. The summed E-state index contributed by atoms with van der Waals surface area (Å²) in [5.74, 6) is -2.23. The number of carboxylic acid groups (broad SMARTS) is 1. The van der Waals surface area contributed by atoms with Gasteiger partial charge in [-0.15, -0.1) is 0 Å². The monoisotopic (exact) mass is 304 g/mol. The van der Waals surface area contributed by atoms with Crippen molar-refractivity contribution < 1.29 is 14.7 Å². The number of rotatable bonds is 5. The highest BCUT2D eigenvalue weighted by Gasteiger charge is 2.20. The van der Waals surface area contributed by atoms with E-state index in [0.717, 1.165) is 0 Å². The Kier molecular flexibility index (Phi) is 4.90. The van der Waals surface area contributed by atoms with Crippen LogP contribution in [0.1, 0.15) is 22.0 Å². The van der Waals surface area contributed by atoms with Gasteiger partial charge in [0.15, 0.2) is 0 Å². The first-order chi connectivity index (χ1) is 10.1. The fourth-order valence-corrected chi connectivity index (χ4v) is 1.94. The minimum atomic E-state index is -0.995. The number of aliphatic carboxylic acids is 1. The molecule has 1 atom stereocenters.